The Morgan fingerprint density at radius 3 is 1.67 bits per heavy atom. The first kappa shape index (κ1) is 29.2. The number of nitrogens with one attached hydrogen (secondary N) is 3. The zero-order valence-corrected chi connectivity index (χ0v) is 17.5. The third-order valence-electron chi connectivity index (χ3n) is 4.15. The summed E-state index contributed by atoms with van der Waals surface area (Å²) in [7, 11) is 0. The van der Waals surface area contributed by atoms with Crippen LogP contribution in [0.5, 0.6) is 0 Å². The highest BCUT2D eigenvalue weighted by atomic mass is 16.4. The molecule has 4 atom stereocenters. The van der Waals surface area contributed by atoms with Crippen molar-refractivity contribution < 1.29 is 48.9 Å². The highest BCUT2D eigenvalue weighted by molar-refractivity contribution is 5.96. The number of aliphatic hydroxyl groups excluding tert-OH is 1. The second-order valence-electron chi connectivity index (χ2n) is 6.92. The molecule has 0 aliphatic rings. The Hall–Kier alpha value is -3.79. The number of hydrogen-bond donors (Lipinski definition) is 9. The van der Waals surface area contributed by atoms with E-state index in [4.69, 9.17) is 27.4 Å². The van der Waals surface area contributed by atoms with E-state index in [9.17, 15) is 38.7 Å². The number of hydrogen-bond acceptors (Lipinski definition) is 9. The summed E-state index contributed by atoms with van der Waals surface area (Å²) in [6, 6.07) is -6.20. The van der Waals surface area contributed by atoms with Crippen LogP contribution in [0, 0.1) is 0 Å². The zero-order valence-electron chi connectivity index (χ0n) is 17.5. The lowest BCUT2D eigenvalue weighted by Crippen LogP contribution is -2.58. The fourth-order valence-corrected chi connectivity index (χ4v) is 2.38. The Morgan fingerprint density at radius 2 is 1.21 bits per heavy atom. The van der Waals surface area contributed by atoms with E-state index in [1.807, 2.05) is 10.6 Å². The molecule has 16 heteroatoms. The number of carboxylic acids is 2. The molecule has 0 aromatic heterocycles. The molecule has 4 unspecified atom stereocenters. The van der Waals surface area contributed by atoms with E-state index < -0.39 is 85.1 Å². The molecule has 0 aromatic carbocycles. The van der Waals surface area contributed by atoms with Gasteiger partial charge in [-0.15, -0.1) is 0 Å². The monoisotopic (exact) mass is 476 g/mol. The maximum atomic E-state index is 12.5. The zero-order chi connectivity index (χ0) is 25.7. The molecule has 0 aliphatic heterocycles. The van der Waals surface area contributed by atoms with Gasteiger partial charge >= 0.3 is 11.9 Å². The van der Waals surface area contributed by atoms with E-state index in [0.717, 1.165) is 0 Å². The fraction of sp³-hybridized carbons (Fsp3) is 0.588. The number of carbonyl (C=O) groups excluding carboxylic acids is 5. The fourth-order valence-electron chi connectivity index (χ4n) is 2.38. The van der Waals surface area contributed by atoms with Gasteiger partial charge in [-0.1, -0.05) is 0 Å². The van der Waals surface area contributed by atoms with Crippen LogP contribution in [-0.4, -0.2) is 87.6 Å². The van der Waals surface area contributed by atoms with Crippen molar-refractivity contribution in [2.24, 2.45) is 17.2 Å². The number of rotatable bonds is 16. The quantitative estimate of drug-likeness (QED) is 0.101. The third-order valence-corrected chi connectivity index (χ3v) is 4.15. The van der Waals surface area contributed by atoms with Crippen LogP contribution in [0.2, 0.25) is 0 Å². The number of aliphatic carboxylic acids is 2. The second kappa shape index (κ2) is 14.3. The number of primary amides is 2. The first-order valence-electron chi connectivity index (χ1n) is 9.57. The first-order valence-corrected chi connectivity index (χ1v) is 9.57. The molecule has 0 spiro atoms. The number of aliphatic hydroxyl groups is 1. The van der Waals surface area contributed by atoms with E-state index in [1.165, 1.54) is 0 Å². The summed E-state index contributed by atoms with van der Waals surface area (Å²) < 4.78 is 0. The SMILES string of the molecule is NC(=O)CCC(NC(=O)C(CO)NC(=O)C(CC(N)=O)NC(=O)C(N)CCC(=O)O)C(=O)O. The van der Waals surface area contributed by atoms with Gasteiger partial charge in [0.2, 0.25) is 29.5 Å². The van der Waals surface area contributed by atoms with Gasteiger partial charge in [-0.3, -0.25) is 28.8 Å². The molecule has 0 fully saturated rings. The van der Waals surface area contributed by atoms with Crippen molar-refractivity contribution in [3.05, 3.63) is 0 Å². The van der Waals surface area contributed by atoms with Crippen molar-refractivity contribution in [2.75, 3.05) is 6.61 Å². The largest absolute Gasteiger partial charge is 0.481 e. The summed E-state index contributed by atoms with van der Waals surface area (Å²) in [5.41, 5.74) is 15.5. The Balaban J connectivity index is 5.24. The Kier molecular flexibility index (Phi) is 12.7. The van der Waals surface area contributed by atoms with Crippen molar-refractivity contribution in [3.63, 3.8) is 0 Å². The molecular formula is C17H28N6O10. The van der Waals surface area contributed by atoms with Crippen molar-refractivity contribution in [1.29, 1.82) is 0 Å². The van der Waals surface area contributed by atoms with Gasteiger partial charge in [0.1, 0.15) is 18.1 Å². The van der Waals surface area contributed by atoms with Gasteiger partial charge in [0, 0.05) is 12.8 Å². The van der Waals surface area contributed by atoms with Crippen LogP contribution in [-0.2, 0) is 33.6 Å². The average molecular weight is 476 g/mol. The Morgan fingerprint density at radius 1 is 0.697 bits per heavy atom. The summed E-state index contributed by atoms with van der Waals surface area (Å²) in [5, 5.41) is 33.3. The van der Waals surface area contributed by atoms with Crippen LogP contribution in [0.4, 0.5) is 0 Å². The van der Waals surface area contributed by atoms with Crippen LogP contribution < -0.4 is 33.2 Å². The molecule has 186 valence electrons. The normalized spacial score (nSPS) is 14.1. The molecule has 0 rings (SSSR count). The first-order chi connectivity index (χ1) is 15.3. The van der Waals surface area contributed by atoms with Gasteiger partial charge in [-0.25, -0.2) is 4.79 Å². The summed E-state index contributed by atoms with van der Waals surface area (Å²) in [4.78, 5) is 80.7. The topological polar surface area (TPSA) is 294 Å². The maximum absolute atomic E-state index is 12.5. The molecule has 33 heavy (non-hydrogen) atoms. The standard InChI is InChI=1S/C17H28N6O10/c18-7(1-4-13(27)28)14(29)22-9(5-12(20)26)15(30)23-10(6-24)16(31)21-8(17(32)33)2-3-11(19)25/h7-10,24H,1-6,18H2,(H2,19,25)(H2,20,26)(H,21,31)(H,22,29)(H,23,30)(H,27,28)(H,32,33). The highest BCUT2D eigenvalue weighted by Gasteiger charge is 2.31. The molecule has 0 aromatic rings. The molecule has 16 nitrogen and oxygen atoms in total. The number of amides is 5. The molecule has 0 bridgehead atoms. The van der Waals surface area contributed by atoms with Gasteiger partial charge in [-0.05, 0) is 12.8 Å². The van der Waals surface area contributed by atoms with Crippen molar-refractivity contribution >= 4 is 41.5 Å². The Bertz CT molecular complexity index is 773. The molecule has 12 N–H and O–H groups in total. The van der Waals surface area contributed by atoms with Crippen LogP contribution in [0.3, 0.4) is 0 Å². The molecule has 0 heterocycles. The van der Waals surface area contributed by atoms with Crippen LogP contribution in [0.15, 0.2) is 0 Å². The van der Waals surface area contributed by atoms with Crippen LogP contribution in [0.25, 0.3) is 0 Å². The molecule has 0 saturated carbocycles. The summed E-state index contributed by atoms with van der Waals surface area (Å²) >= 11 is 0. The lowest BCUT2D eigenvalue weighted by atomic mass is 10.1. The third kappa shape index (κ3) is 12.0. The minimum Gasteiger partial charge on any atom is -0.481 e. The van der Waals surface area contributed by atoms with E-state index in [1.54, 1.807) is 0 Å². The Labute approximate surface area is 187 Å². The second-order valence-corrected chi connectivity index (χ2v) is 6.92. The van der Waals surface area contributed by atoms with Crippen LogP contribution >= 0.6 is 0 Å². The lowest BCUT2D eigenvalue weighted by Gasteiger charge is -2.23. The highest BCUT2D eigenvalue weighted by Crippen LogP contribution is 2.01. The minimum absolute atomic E-state index is 0.268. The average Bonchev–Trinajstić information content (AvgIpc) is 2.71. The number of carbonyl (C=O) groups is 7. The van der Waals surface area contributed by atoms with Crippen molar-refractivity contribution in [2.45, 2.75) is 56.3 Å². The van der Waals surface area contributed by atoms with Gasteiger partial charge in [0.05, 0.1) is 19.1 Å². The molecule has 5 amide bonds. The molecule has 0 aliphatic carbocycles. The number of nitrogens with two attached hydrogens (primary N) is 3. The smallest absolute Gasteiger partial charge is 0.326 e. The minimum atomic E-state index is -1.69. The number of carboxylic acid groups (broad SMARTS) is 2. The van der Waals surface area contributed by atoms with E-state index >= 15 is 0 Å². The van der Waals surface area contributed by atoms with Gasteiger partial charge in [0.15, 0.2) is 0 Å². The van der Waals surface area contributed by atoms with Crippen molar-refractivity contribution in [3.8, 4) is 0 Å². The van der Waals surface area contributed by atoms with E-state index in [0.29, 0.717) is 0 Å². The predicted octanol–water partition coefficient (Wildman–Crippen LogP) is -5.15. The molecule has 0 saturated heterocycles. The molecule has 0 radical (unpaired) electrons. The molecular weight excluding hydrogens is 448 g/mol. The predicted molar refractivity (Wildman–Crippen MR) is 108 cm³/mol. The van der Waals surface area contributed by atoms with Crippen molar-refractivity contribution in [1.82, 2.24) is 16.0 Å². The van der Waals surface area contributed by atoms with Crippen LogP contribution in [0.1, 0.15) is 32.1 Å². The summed E-state index contributed by atoms with van der Waals surface area (Å²) in [6.45, 7) is -0.991. The van der Waals surface area contributed by atoms with E-state index in [2.05, 4.69) is 5.32 Å². The van der Waals surface area contributed by atoms with Gasteiger partial charge in [0.25, 0.3) is 0 Å². The summed E-state index contributed by atoms with van der Waals surface area (Å²) in [6.07, 6.45) is -2.14. The van der Waals surface area contributed by atoms with Gasteiger partial charge < -0.3 is 48.5 Å². The van der Waals surface area contributed by atoms with Gasteiger partial charge in [-0.2, -0.15) is 0 Å². The summed E-state index contributed by atoms with van der Waals surface area (Å²) in [5.74, 6) is -7.78. The van der Waals surface area contributed by atoms with E-state index in [-0.39, 0.29) is 19.3 Å². The maximum Gasteiger partial charge on any atom is 0.326 e. The lowest BCUT2D eigenvalue weighted by molar-refractivity contribution is -0.143.